The van der Waals surface area contributed by atoms with Crippen molar-refractivity contribution in [3.8, 4) is 0 Å². The van der Waals surface area contributed by atoms with Crippen molar-refractivity contribution in [1.29, 1.82) is 0 Å². The largest absolute Gasteiger partial charge is 0.336 e. The van der Waals surface area contributed by atoms with Gasteiger partial charge in [0.05, 0.1) is 6.54 Å². The van der Waals surface area contributed by atoms with E-state index >= 15 is 0 Å². The molecular formula is C20H18ClFN2O. The molecule has 2 heterocycles. The Balaban J connectivity index is 1.79. The summed E-state index contributed by atoms with van der Waals surface area (Å²) in [6.07, 6.45) is 0.898. The van der Waals surface area contributed by atoms with E-state index in [1.165, 1.54) is 23.4 Å². The number of carbonyl (C=O) groups is 1. The van der Waals surface area contributed by atoms with Gasteiger partial charge in [0, 0.05) is 46.7 Å². The monoisotopic (exact) mass is 356 g/mol. The van der Waals surface area contributed by atoms with Crippen LogP contribution in [0.2, 0.25) is 5.02 Å². The highest BCUT2D eigenvalue weighted by Crippen LogP contribution is 2.32. The van der Waals surface area contributed by atoms with Crippen molar-refractivity contribution >= 4 is 28.3 Å². The Morgan fingerprint density at radius 2 is 1.96 bits per heavy atom. The predicted octanol–water partition coefficient (Wildman–Crippen LogP) is 4.30. The van der Waals surface area contributed by atoms with Crippen LogP contribution in [0.4, 0.5) is 4.39 Å². The van der Waals surface area contributed by atoms with Crippen LogP contribution in [0, 0.1) is 5.82 Å². The zero-order valence-electron chi connectivity index (χ0n) is 13.9. The number of benzene rings is 2. The molecule has 0 radical (unpaired) electrons. The van der Waals surface area contributed by atoms with E-state index in [1.807, 2.05) is 18.2 Å². The van der Waals surface area contributed by atoms with Gasteiger partial charge >= 0.3 is 0 Å². The van der Waals surface area contributed by atoms with E-state index in [-0.39, 0.29) is 18.1 Å². The lowest BCUT2D eigenvalue weighted by atomic mass is 10.0. The molecule has 0 atom stereocenters. The topological polar surface area (TPSA) is 25.2 Å². The molecule has 5 heteroatoms. The number of aromatic nitrogens is 1. The van der Waals surface area contributed by atoms with Gasteiger partial charge in [0.1, 0.15) is 5.82 Å². The first kappa shape index (κ1) is 16.3. The van der Waals surface area contributed by atoms with Crippen molar-refractivity contribution in [1.82, 2.24) is 9.47 Å². The standard InChI is InChI=1S/C20H18ClFN2O/c1-23-9-8-19-17(11-23)16-10-14(21)4-7-18(16)24(19)12-20(25)13-2-5-15(22)6-3-13/h2-7,10H,8-9,11-12H2,1H3. The summed E-state index contributed by atoms with van der Waals surface area (Å²) >= 11 is 6.20. The van der Waals surface area contributed by atoms with Crippen LogP contribution in [0.15, 0.2) is 42.5 Å². The van der Waals surface area contributed by atoms with Crippen LogP contribution in [0.5, 0.6) is 0 Å². The molecule has 3 aromatic rings. The number of nitrogens with zero attached hydrogens (tertiary/aromatic N) is 2. The van der Waals surface area contributed by atoms with Gasteiger partial charge in [-0.25, -0.2) is 4.39 Å². The lowest BCUT2D eigenvalue weighted by molar-refractivity contribution is 0.0972. The van der Waals surface area contributed by atoms with Crippen LogP contribution >= 0.6 is 11.6 Å². The Kier molecular flexibility index (Phi) is 4.10. The average Bonchev–Trinajstić information content (AvgIpc) is 2.88. The number of carbonyl (C=O) groups excluding carboxylic acids is 1. The van der Waals surface area contributed by atoms with Crippen molar-refractivity contribution in [3.05, 3.63) is 70.1 Å². The molecule has 128 valence electrons. The van der Waals surface area contributed by atoms with Gasteiger partial charge in [0.25, 0.3) is 0 Å². The first-order valence-electron chi connectivity index (χ1n) is 8.30. The molecule has 0 unspecified atom stereocenters. The van der Waals surface area contributed by atoms with Crippen molar-refractivity contribution in [2.75, 3.05) is 13.6 Å². The number of rotatable bonds is 3. The highest BCUT2D eigenvalue weighted by molar-refractivity contribution is 6.31. The van der Waals surface area contributed by atoms with Crippen LogP contribution in [-0.2, 0) is 19.5 Å². The Morgan fingerprint density at radius 3 is 2.72 bits per heavy atom. The number of ketones is 1. The van der Waals surface area contributed by atoms with Crippen molar-refractivity contribution in [2.24, 2.45) is 0 Å². The molecule has 0 aliphatic carbocycles. The van der Waals surface area contributed by atoms with Gasteiger partial charge in [-0.3, -0.25) is 4.79 Å². The number of Topliss-reactive ketones (excluding diaryl/α,β-unsaturated/α-hetero) is 1. The third-order valence-electron chi connectivity index (χ3n) is 4.87. The van der Waals surface area contributed by atoms with E-state index in [4.69, 9.17) is 11.6 Å². The summed E-state index contributed by atoms with van der Waals surface area (Å²) in [4.78, 5) is 15.0. The van der Waals surface area contributed by atoms with E-state index in [0.29, 0.717) is 10.6 Å². The number of likely N-dealkylation sites (N-methyl/N-ethyl adjacent to an activating group) is 1. The maximum Gasteiger partial charge on any atom is 0.182 e. The molecule has 1 aliphatic heterocycles. The summed E-state index contributed by atoms with van der Waals surface area (Å²) in [5.74, 6) is -0.355. The normalized spacial score (nSPS) is 14.7. The molecule has 3 nitrogen and oxygen atoms in total. The van der Waals surface area contributed by atoms with Gasteiger partial charge < -0.3 is 9.47 Å². The van der Waals surface area contributed by atoms with Crippen molar-refractivity contribution in [2.45, 2.75) is 19.5 Å². The second-order valence-corrected chi connectivity index (χ2v) is 7.03. The quantitative estimate of drug-likeness (QED) is 0.653. The molecule has 0 fully saturated rings. The second kappa shape index (κ2) is 6.28. The van der Waals surface area contributed by atoms with E-state index in [1.54, 1.807) is 12.1 Å². The Labute approximate surface area is 150 Å². The highest BCUT2D eigenvalue weighted by Gasteiger charge is 2.23. The summed E-state index contributed by atoms with van der Waals surface area (Å²) in [7, 11) is 2.10. The van der Waals surface area contributed by atoms with Crippen molar-refractivity contribution in [3.63, 3.8) is 0 Å². The number of hydrogen-bond acceptors (Lipinski definition) is 2. The fourth-order valence-electron chi connectivity index (χ4n) is 3.61. The van der Waals surface area contributed by atoms with Gasteiger partial charge in [-0.15, -0.1) is 0 Å². The molecule has 0 saturated carbocycles. The van der Waals surface area contributed by atoms with Crippen LogP contribution in [0.25, 0.3) is 10.9 Å². The van der Waals surface area contributed by atoms with E-state index in [2.05, 4.69) is 16.5 Å². The number of hydrogen-bond donors (Lipinski definition) is 0. The van der Waals surface area contributed by atoms with Gasteiger partial charge in [0.15, 0.2) is 5.78 Å². The summed E-state index contributed by atoms with van der Waals surface area (Å²) in [5, 5.41) is 1.81. The van der Waals surface area contributed by atoms with Crippen LogP contribution in [-0.4, -0.2) is 28.8 Å². The summed E-state index contributed by atoms with van der Waals surface area (Å²) in [5.41, 5.74) is 4.00. The Bertz CT molecular complexity index is 962. The molecule has 25 heavy (non-hydrogen) atoms. The fourth-order valence-corrected chi connectivity index (χ4v) is 3.78. The third kappa shape index (κ3) is 2.96. The third-order valence-corrected chi connectivity index (χ3v) is 5.11. The second-order valence-electron chi connectivity index (χ2n) is 6.59. The Hall–Kier alpha value is -2.17. The fraction of sp³-hybridized carbons (Fsp3) is 0.250. The zero-order valence-corrected chi connectivity index (χ0v) is 14.7. The predicted molar refractivity (Wildman–Crippen MR) is 97.7 cm³/mol. The number of fused-ring (bicyclic) bond motifs is 3. The van der Waals surface area contributed by atoms with E-state index in [9.17, 15) is 9.18 Å². The van der Waals surface area contributed by atoms with Crippen LogP contribution in [0.1, 0.15) is 21.6 Å². The summed E-state index contributed by atoms with van der Waals surface area (Å²) in [6, 6.07) is 11.6. The smallest absolute Gasteiger partial charge is 0.182 e. The molecule has 0 N–H and O–H groups in total. The molecule has 0 amide bonds. The molecule has 0 bridgehead atoms. The molecular weight excluding hydrogens is 339 g/mol. The minimum Gasteiger partial charge on any atom is -0.336 e. The summed E-state index contributed by atoms with van der Waals surface area (Å²) < 4.78 is 15.2. The maximum absolute atomic E-state index is 13.1. The van der Waals surface area contributed by atoms with Gasteiger partial charge in [-0.1, -0.05) is 11.6 Å². The van der Waals surface area contributed by atoms with E-state index < -0.39 is 0 Å². The minimum atomic E-state index is -0.335. The van der Waals surface area contributed by atoms with Crippen molar-refractivity contribution < 1.29 is 9.18 Å². The maximum atomic E-state index is 13.1. The molecule has 2 aromatic carbocycles. The van der Waals surface area contributed by atoms with E-state index in [0.717, 1.165) is 30.4 Å². The number of halogens is 2. The first-order valence-corrected chi connectivity index (χ1v) is 8.67. The van der Waals surface area contributed by atoms with Crippen LogP contribution in [0.3, 0.4) is 0 Å². The van der Waals surface area contributed by atoms with Gasteiger partial charge in [-0.05, 0) is 55.1 Å². The minimum absolute atomic E-state index is 0.0198. The van der Waals surface area contributed by atoms with Gasteiger partial charge in [-0.2, -0.15) is 0 Å². The molecule has 1 aliphatic rings. The average molecular weight is 357 g/mol. The molecule has 1 aromatic heterocycles. The zero-order chi connectivity index (χ0) is 17.6. The first-order chi connectivity index (χ1) is 12.0. The molecule has 4 rings (SSSR count). The van der Waals surface area contributed by atoms with Crippen LogP contribution < -0.4 is 0 Å². The molecule has 0 saturated heterocycles. The van der Waals surface area contributed by atoms with Gasteiger partial charge in [0.2, 0.25) is 0 Å². The lowest BCUT2D eigenvalue weighted by Gasteiger charge is -2.24. The lowest BCUT2D eigenvalue weighted by Crippen LogP contribution is -2.28. The highest BCUT2D eigenvalue weighted by atomic mass is 35.5. The SMILES string of the molecule is CN1CCc2c(c3cc(Cl)ccc3n2CC(=O)c2ccc(F)cc2)C1. The molecule has 0 spiro atoms. The summed E-state index contributed by atoms with van der Waals surface area (Å²) in [6.45, 7) is 2.06. The Morgan fingerprint density at radius 1 is 1.20 bits per heavy atom.